The van der Waals surface area contributed by atoms with Crippen molar-refractivity contribution < 1.29 is 4.92 Å². The van der Waals surface area contributed by atoms with Gasteiger partial charge in [-0.1, -0.05) is 11.6 Å². The van der Waals surface area contributed by atoms with Crippen LogP contribution < -0.4 is 5.32 Å². The van der Waals surface area contributed by atoms with Gasteiger partial charge >= 0.3 is 0 Å². The van der Waals surface area contributed by atoms with E-state index in [-0.39, 0.29) is 5.69 Å². The van der Waals surface area contributed by atoms with E-state index in [9.17, 15) is 10.1 Å². The summed E-state index contributed by atoms with van der Waals surface area (Å²) < 4.78 is 0. The zero-order valence-corrected chi connectivity index (χ0v) is 8.83. The first kappa shape index (κ1) is 10.2. The van der Waals surface area contributed by atoms with Gasteiger partial charge in [-0.25, -0.2) is 0 Å². The summed E-state index contributed by atoms with van der Waals surface area (Å²) in [5.74, 6) is 0. The van der Waals surface area contributed by atoms with Gasteiger partial charge in [0.2, 0.25) is 0 Å². The van der Waals surface area contributed by atoms with Crippen molar-refractivity contribution in [2.24, 2.45) is 0 Å². The van der Waals surface area contributed by atoms with E-state index in [0.717, 1.165) is 18.5 Å². The number of rotatable bonds is 3. The molecule has 0 atom stereocenters. The molecular formula is C10H11ClN2O2. The predicted octanol–water partition coefficient (Wildman–Crippen LogP) is 3.21. The van der Waals surface area contributed by atoms with E-state index in [4.69, 9.17) is 11.6 Å². The molecule has 0 spiro atoms. The minimum atomic E-state index is -0.445. The van der Waals surface area contributed by atoms with Crippen LogP contribution >= 0.6 is 11.6 Å². The second-order valence-electron chi connectivity index (χ2n) is 3.69. The smallest absolute Gasteiger partial charge is 0.271 e. The van der Waals surface area contributed by atoms with Gasteiger partial charge in [-0.05, 0) is 25.3 Å². The molecule has 0 saturated heterocycles. The van der Waals surface area contributed by atoms with Crippen molar-refractivity contribution in [3.8, 4) is 0 Å². The van der Waals surface area contributed by atoms with Crippen LogP contribution in [0, 0.1) is 10.1 Å². The van der Waals surface area contributed by atoms with Crippen LogP contribution in [0.5, 0.6) is 0 Å². The van der Waals surface area contributed by atoms with Gasteiger partial charge in [0.15, 0.2) is 0 Å². The first-order chi connectivity index (χ1) is 7.16. The summed E-state index contributed by atoms with van der Waals surface area (Å²) in [6, 6.07) is 4.98. The van der Waals surface area contributed by atoms with Crippen LogP contribution in [0.15, 0.2) is 18.2 Å². The Morgan fingerprint density at radius 2 is 2.20 bits per heavy atom. The Hall–Kier alpha value is -1.29. The number of nitro benzene ring substituents is 1. The average molecular weight is 227 g/mol. The summed E-state index contributed by atoms with van der Waals surface area (Å²) in [4.78, 5) is 10.0. The van der Waals surface area contributed by atoms with E-state index in [1.807, 2.05) is 0 Å². The van der Waals surface area contributed by atoms with E-state index in [2.05, 4.69) is 5.32 Å². The highest BCUT2D eigenvalue weighted by Gasteiger charge is 2.18. The summed E-state index contributed by atoms with van der Waals surface area (Å²) in [5, 5.41) is 14.2. The summed E-state index contributed by atoms with van der Waals surface area (Å²) in [6.45, 7) is 0. The largest absolute Gasteiger partial charge is 0.381 e. The van der Waals surface area contributed by atoms with Gasteiger partial charge in [0.25, 0.3) is 5.69 Å². The molecule has 0 bridgehead atoms. The lowest BCUT2D eigenvalue weighted by atomic mass is 9.93. The highest BCUT2D eigenvalue weighted by molar-refractivity contribution is 6.33. The lowest BCUT2D eigenvalue weighted by molar-refractivity contribution is -0.384. The molecule has 1 saturated carbocycles. The quantitative estimate of drug-likeness (QED) is 0.636. The van der Waals surface area contributed by atoms with E-state index in [1.165, 1.54) is 18.6 Å². The number of halogens is 1. The molecule has 15 heavy (non-hydrogen) atoms. The lowest BCUT2D eigenvalue weighted by Crippen LogP contribution is -2.27. The third-order valence-corrected chi connectivity index (χ3v) is 2.94. The monoisotopic (exact) mass is 226 g/mol. The summed E-state index contributed by atoms with van der Waals surface area (Å²) in [5.41, 5.74) is 0.811. The molecule has 1 N–H and O–H groups in total. The Balaban J connectivity index is 2.14. The topological polar surface area (TPSA) is 55.2 Å². The van der Waals surface area contributed by atoms with Crippen LogP contribution in [0.1, 0.15) is 19.3 Å². The second-order valence-corrected chi connectivity index (χ2v) is 4.10. The number of hydrogen-bond acceptors (Lipinski definition) is 3. The van der Waals surface area contributed by atoms with E-state index < -0.39 is 4.92 Å². The fourth-order valence-electron chi connectivity index (χ4n) is 1.51. The SMILES string of the molecule is O=[N+]([O-])c1ccc(NC2CCC2)c(Cl)c1. The maximum absolute atomic E-state index is 10.5. The molecule has 1 aromatic carbocycles. The zero-order valence-electron chi connectivity index (χ0n) is 8.07. The molecule has 0 aromatic heterocycles. The third-order valence-electron chi connectivity index (χ3n) is 2.63. The van der Waals surface area contributed by atoms with E-state index in [0.29, 0.717) is 11.1 Å². The molecule has 0 amide bonds. The maximum atomic E-state index is 10.5. The van der Waals surface area contributed by atoms with Crippen molar-refractivity contribution in [2.75, 3.05) is 5.32 Å². The third kappa shape index (κ3) is 2.21. The molecule has 0 unspecified atom stereocenters. The zero-order chi connectivity index (χ0) is 10.8. The minimum absolute atomic E-state index is 0.0270. The van der Waals surface area contributed by atoms with Crippen LogP contribution in [0.3, 0.4) is 0 Å². The molecule has 0 aliphatic heterocycles. The second kappa shape index (κ2) is 4.06. The molecule has 4 nitrogen and oxygen atoms in total. The van der Waals surface area contributed by atoms with Gasteiger partial charge in [0, 0.05) is 18.2 Å². The van der Waals surface area contributed by atoms with Gasteiger partial charge in [-0.15, -0.1) is 0 Å². The highest BCUT2D eigenvalue weighted by Crippen LogP contribution is 2.30. The first-order valence-corrected chi connectivity index (χ1v) is 5.25. The van der Waals surface area contributed by atoms with Crippen LogP contribution in [-0.4, -0.2) is 11.0 Å². The number of hydrogen-bond donors (Lipinski definition) is 1. The summed E-state index contributed by atoms with van der Waals surface area (Å²) >= 11 is 5.93. The van der Waals surface area contributed by atoms with E-state index in [1.54, 1.807) is 6.07 Å². The molecule has 80 valence electrons. The number of anilines is 1. The van der Waals surface area contributed by atoms with Gasteiger partial charge in [0.05, 0.1) is 15.6 Å². The molecule has 0 heterocycles. The van der Waals surface area contributed by atoms with Gasteiger partial charge < -0.3 is 5.32 Å². The van der Waals surface area contributed by atoms with Crippen molar-refractivity contribution in [3.05, 3.63) is 33.3 Å². The van der Waals surface area contributed by atoms with Gasteiger partial charge in [-0.3, -0.25) is 10.1 Å². The summed E-state index contributed by atoms with van der Waals surface area (Å²) in [6.07, 6.45) is 3.53. The van der Waals surface area contributed by atoms with Crippen LogP contribution in [0.4, 0.5) is 11.4 Å². The van der Waals surface area contributed by atoms with Crippen molar-refractivity contribution in [2.45, 2.75) is 25.3 Å². The van der Waals surface area contributed by atoms with Crippen LogP contribution in [0.2, 0.25) is 5.02 Å². The Morgan fingerprint density at radius 3 is 2.67 bits per heavy atom. The normalized spacial score (nSPS) is 15.8. The minimum Gasteiger partial charge on any atom is -0.381 e. The number of benzene rings is 1. The van der Waals surface area contributed by atoms with Crippen molar-refractivity contribution >= 4 is 23.0 Å². The highest BCUT2D eigenvalue weighted by atomic mass is 35.5. The Kier molecular flexibility index (Phi) is 2.77. The van der Waals surface area contributed by atoms with Crippen molar-refractivity contribution in [1.82, 2.24) is 0 Å². The molecule has 2 rings (SSSR count). The molecular weight excluding hydrogens is 216 g/mol. The Bertz CT molecular complexity index is 391. The number of nitrogens with zero attached hydrogens (tertiary/aromatic N) is 1. The molecule has 5 heteroatoms. The fraction of sp³-hybridized carbons (Fsp3) is 0.400. The molecule has 1 aliphatic carbocycles. The first-order valence-electron chi connectivity index (χ1n) is 4.87. The van der Waals surface area contributed by atoms with Crippen LogP contribution in [0.25, 0.3) is 0 Å². The molecule has 1 fully saturated rings. The maximum Gasteiger partial charge on any atom is 0.271 e. The standard InChI is InChI=1S/C10H11ClN2O2/c11-9-6-8(13(14)15)4-5-10(9)12-7-2-1-3-7/h4-7,12H,1-3H2. The fourth-order valence-corrected chi connectivity index (χ4v) is 1.74. The Morgan fingerprint density at radius 1 is 1.47 bits per heavy atom. The molecule has 1 aromatic rings. The number of nitro groups is 1. The van der Waals surface area contributed by atoms with Crippen molar-refractivity contribution in [1.29, 1.82) is 0 Å². The van der Waals surface area contributed by atoms with E-state index >= 15 is 0 Å². The molecule has 0 radical (unpaired) electrons. The van der Waals surface area contributed by atoms with Gasteiger partial charge in [-0.2, -0.15) is 0 Å². The Labute approximate surface area is 92.4 Å². The summed E-state index contributed by atoms with van der Waals surface area (Å²) in [7, 11) is 0. The predicted molar refractivity (Wildman–Crippen MR) is 59.4 cm³/mol. The number of nitrogens with one attached hydrogen (secondary N) is 1. The average Bonchev–Trinajstić information content (AvgIpc) is 2.12. The van der Waals surface area contributed by atoms with Gasteiger partial charge in [0.1, 0.15) is 0 Å². The van der Waals surface area contributed by atoms with Crippen molar-refractivity contribution in [3.63, 3.8) is 0 Å². The molecule has 1 aliphatic rings. The number of non-ortho nitro benzene ring substituents is 1. The van der Waals surface area contributed by atoms with Crippen LogP contribution in [-0.2, 0) is 0 Å². The lowest BCUT2D eigenvalue weighted by Gasteiger charge is -2.27.